The van der Waals surface area contributed by atoms with Crippen LogP contribution in [0, 0.1) is 0 Å². The molecule has 2 aliphatic rings. The Morgan fingerprint density at radius 1 is 1.24 bits per heavy atom. The predicted octanol–water partition coefficient (Wildman–Crippen LogP) is 1.94. The number of ether oxygens (including phenoxy) is 1. The lowest BCUT2D eigenvalue weighted by atomic mass is 10.1. The fourth-order valence-electron chi connectivity index (χ4n) is 3.41. The zero-order valence-electron chi connectivity index (χ0n) is 14.7. The second-order valence-electron chi connectivity index (χ2n) is 6.56. The lowest BCUT2D eigenvalue weighted by Crippen LogP contribution is -2.53. The van der Waals surface area contributed by atoms with E-state index in [1.54, 1.807) is 0 Å². The minimum Gasteiger partial charge on any atom is -0.375 e. The number of carbonyl (C=O) groups is 1. The molecule has 3 rings (SSSR count). The molecule has 25 heavy (non-hydrogen) atoms. The minimum absolute atomic E-state index is 0. The van der Waals surface area contributed by atoms with Crippen LogP contribution >= 0.6 is 24.8 Å². The van der Waals surface area contributed by atoms with Crippen LogP contribution in [0.1, 0.15) is 18.9 Å². The van der Waals surface area contributed by atoms with Crippen LogP contribution in [0.3, 0.4) is 0 Å². The lowest BCUT2D eigenvalue weighted by molar-refractivity contribution is -0.139. The third-order valence-electron chi connectivity index (χ3n) is 4.70. The van der Waals surface area contributed by atoms with Crippen molar-refractivity contribution in [1.29, 1.82) is 0 Å². The first-order valence-electron chi connectivity index (χ1n) is 8.60. The smallest absolute Gasteiger partial charge is 0.225 e. The van der Waals surface area contributed by atoms with E-state index < -0.39 is 0 Å². The Labute approximate surface area is 162 Å². The van der Waals surface area contributed by atoms with Crippen molar-refractivity contribution < 1.29 is 9.53 Å². The standard InChI is InChI=1S/C18H27N3O2.2ClH/c1-15-12-19-7-8-21(15)18(22)11-17-14-20(9-10-23-17)13-16-5-3-2-4-6-16;;/h2-6,15,17,19H,7-14H2,1H3;2*1H. The van der Waals surface area contributed by atoms with E-state index in [0.29, 0.717) is 13.0 Å². The van der Waals surface area contributed by atoms with Crippen molar-refractivity contribution in [3.8, 4) is 0 Å². The zero-order valence-corrected chi connectivity index (χ0v) is 16.4. The molecule has 142 valence electrons. The number of carbonyl (C=O) groups excluding carboxylic acids is 1. The molecule has 0 aliphatic carbocycles. The van der Waals surface area contributed by atoms with E-state index >= 15 is 0 Å². The van der Waals surface area contributed by atoms with Gasteiger partial charge in [0.1, 0.15) is 0 Å². The van der Waals surface area contributed by atoms with Gasteiger partial charge < -0.3 is 15.0 Å². The first-order chi connectivity index (χ1) is 11.2. The Kier molecular flexibility index (Phi) is 9.75. The van der Waals surface area contributed by atoms with Gasteiger partial charge in [-0.05, 0) is 12.5 Å². The molecule has 1 aromatic rings. The van der Waals surface area contributed by atoms with Crippen LogP contribution in [0.4, 0.5) is 0 Å². The van der Waals surface area contributed by atoms with Crippen LogP contribution in [-0.2, 0) is 16.1 Å². The summed E-state index contributed by atoms with van der Waals surface area (Å²) in [5, 5.41) is 3.32. The normalized spacial score (nSPS) is 24.1. The van der Waals surface area contributed by atoms with Gasteiger partial charge in [-0.3, -0.25) is 9.69 Å². The number of rotatable bonds is 4. The Morgan fingerprint density at radius 2 is 2.00 bits per heavy atom. The van der Waals surface area contributed by atoms with Crippen molar-refractivity contribution in [2.24, 2.45) is 0 Å². The van der Waals surface area contributed by atoms with Crippen LogP contribution < -0.4 is 5.32 Å². The number of hydrogen-bond acceptors (Lipinski definition) is 4. The maximum atomic E-state index is 12.5. The molecule has 2 heterocycles. The highest BCUT2D eigenvalue weighted by Crippen LogP contribution is 2.15. The summed E-state index contributed by atoms with van der Waals surface area (Å²) in [6.07, 6.45) is 0.511. The highest BCUT2D eigenvalue weighted by Gasteiger charge is 2.28. The number of piperazine rings is 1. The Bertz CT molecular complexity index is 518. The van der Waals surface area contributed by atoms with Gasteiger partial charge in [0.15, 0.2) is 0 Å². The average Bonchev–Trinajstić information content (AvgIpc) is 2.56. The topological polar surface area (TPSA) is 44.8 Å². The predicted molar refractivity (Wildman–Crippen MR) is 105 cm³/mol. The van der Waals surface area contributed by atoms with Crippen molar-refractivity contribution in [3.05, 3.63) is 35.9 Å². The van der Waals surface area contributed by atoms with Gasteiger partial charge in [0, 0.05) is 45.3 Å². The third kappa shape index (κ3) is 6.42. The second kappa shape index (κ2) is 11.0. The van der Waals surface area contributed by atoms with E-state index in [1.807, 2.05) is 11.0 Å². The molecule has 2 saturated heterocycles. The number of nitrogens with one attached hydrogen (secondary N) is 1. The molecule has 1 N–H and O–H groups in total. The van der Waals surface area contributed by atoms with Crippen molar-refractivity contribution in [2.45, 2.75) is 32.0 Å². The largest absolute Gasteiger partial charge is 0.375 e. The number of amides is 1. The molecule has 2 unspecified atom stereocenters. The van der Waals surface area contributed by atoms with E-state index in [2.05, 4.69) is 41.4 Å². The highest BCUT2D eigenvalue weighted by molar-refractivity contribution is 5.85. The minimum atomic E-state index is 0. The summed E-state index contributed by atoms with van der Waals surface area (Å²) in [6, 6.07) is 10.8. The van der Waals surface area contributed by atoms with Crippen molar-refractivity contribution in [3.63, 3.8) is 0 Å². The van der Waals surface area contributed by atoms with Gasteiger partial charge in [-0.15, -0.1) is 24.8 Å². The van der Waals surface area contributed by atoms with Gasteiger partial charge in [-0.1, -0.05) is 30.3 Å². The molecule has 1 aromatic carbocycles. The molecule has 2 fully saturated rings. The summed E-state index contributed by atoms with van der Waals surface area (Å²) >= 11 is 0. The molecular formula is C18H29Cl2N3O2. The zero-order chi connectivity index (χ0) is 16.1. The number of benzene rings is 1. The van der Waals surface area contributed by atoms with Crippen molar-refractivity contribution >= 4 is 30.7 Å². The number of nitrogens with zero attached hydrogens (tertiary/aromatic N) is 2. The molecular weight excluding hydrogens is 361 g/mol. The van der Waals surface area contributed by atoms with E-state index in [-0.39, 0.29) is 42.9 Å². The molecule has 2 atom stereocenters. The van der Waals surface area contributed by atoms with E-state index in [9.17, 15) is 4.79 Å². The maximum Gasteiger partial charge on any atom is 0.225 e. The van der Waals surface area contributed by atoms with Gasteiger partial charge in [0.05, 0.1) is 19.1 Å². The molecule has 0 saturated carbocycles. The third-order valence-corrected chi connectivity index (χ3v) is 4.70. The fourth-order valence-corrected chi connectivity index (χ4v) is 3.41. The monoisotopic (exact) mass is 389 g/mol. The van der Waals surface area contributed by atoms with Crippen LogP contribution in [0.2, 0.25) is 0 Å². The summed E-state index contributed by atoms with van der Waals surface area (Å²) in [4.78, 5) is 16.9. The molecule has 0 bridgehead atoms. The van der Waals surface area contributed by atoms with Crippen LogP contribution in [-0.4, -0.2) is 67.2 Å². The van der Waals surface area contributed by atoms with Crippen LogP contribution in [0.25, 0.3) is 0 Å². The summed E-state index contributed by atoms with van der Waals surface area (Å²) in [6.45, 7) is 8.10. The van der Waals surface area contributed by atoms with E-state index in [4.69, 9.17) is 4.74 Å². The summed E-state index contributed by atoms with van der Waals surface area (Å²) in [5.74, 6) is 0.227. The molecule has 0 spiro atoms. The Hall–Kier alpha value is -0.850. The van der Waals surface area contributed by atoms with Gasteiger partial charge in [-0.2, -0.15) is 0 Å². The molecule has 2 aliphatic heterocycles. The van der Waals surface area contributed by atoms with Gasteiger partial charge in [0.2, 0.25) is 5.91 Å². The highest BCUT2D eigenvalue weighted by atomic mass is 35.5. The first kappa shape index (κ1) is 22.2. The quantitative estimate of drug-likeness (QED) is 0.854. The molecule has 0 aromatic heterocycles. The number of hydrogen-bond donors (Lipinski definition) is 1. The van der Waals surface area contributed by atoms with Crippen molar-refractivity contribution in [2.75, 3.05) is 39.3 Å². The molecule has 5 nitrogen and oxygen atoms in total. The number of halogens is 2. The lowest BCUT2D eigenvalue weighted by Gasteiger charge is -2.37. The van der Waals surface area contributed by atoms with Crippen LogP contribution in [0.5, 0.6) is 0 Å². The number of morpholine rings is 1. The van der Waals surface area contributed by atoms with E-state index in [0.717, 1.165) is 39.3 Å². The second-order valence-corrected chi connectivity index (χ2v) is 6.56. The summed E-state index contributed by atoms with van der Waals surface area (Å²) < 4.78 is 5.84. The summed E-state index contributed by atoms with van der Waals surface area (Å²) in [5.41, 5.74) is 1.32. The van der Waals surface area contributed by atoms with Crippen molar-refractivity contribution in [1.82, 2.24) is 15.1 Å². The molecule has 1 amide bonds. The van der Waals surface area contributed by atoms with E-state index in [1.165, 1.54) is 5.56 Å². The average molecular weight is 390 g/mol. The van der Waals surface area contributed by atoms with Gasteiger partial charge in [-0.25, -0.2) is 0 Å². The maximum absolute atomic E-state index is 12.5. The fraction of sp³-hybridized carbons (Fsp3) is 0.611. The molecule has 7 heteroatoms. The first-order valence-corrected chi connectivity index (χ1v) is 8.60. The van der Waals surface area contributed by atoms with Gasteiger partial charge >= 0.3 is 0 Å². The molecule has 0 radical (unpaired) electrons. The Morgan fingerprint density at radius 3 is 2.72 bits per heavy atom. The Balaban J connectivity index is 0.00000156. The summed E-state index contributed by atoms with van der Waals surface area (Å²) in [7, 11) is 0. The van der Waals surface area contributed by atoms with Gasteiger partial charge in [0.25, 0.3) is 0 Å². The van der Waals surface area contributed by atoms with Crippen LogP contribution in [0.15, 0.2) is 30.3 Å². The SMILES string of the molecule is CC1CNCCN1C(=O)CC1CN(Cc2ccccc2)CCO1.Cl.Cl.